The number of hydrogen-bond donors (Lipinski definition) is 3. The van der Waals surface area contributed by atoms with Gasteiger partial charge in [0.25, 0.3) is 5.91 Å². The van der Waals surface area contributed by atoms with Gasteiger partial charge in [-0.1, -0.05) is 31.2 Å². The molecule has 3 aromatic rings. The number of aromatic amines is 1. The van der Waals surface area contributed by atoms with Crippen LogP contribution in [-0.2, 0) is 25.6 Å². The second kappa shape index (κ2) is 13.2. The topological polar surface area (TPSA) is 144 Å². The molecule has 44 heavy (non-hydrogen) atoms. The van der Waals surface area contributed by atoms with Crippen LogP contribution in [0.25, 0.3) is 10.9 Å². The highest BCUT2D eigenvalue weighted by Crippen LogP contribution is 2.23. The molecule has 12 heteroatoms. The zero-order valence-electron chi connectivity index (χ0n) is 25.2. The molecule has 0 unspecified atom stereocenters. The van der Waals surface area contributed by atoms with E-state index >= 15 is 0 Å². The standard InChI is InChI=1S/C32H38N6O6/c1-4-28(39)35-27-17-36(2)31(42)20-8-7-9-24(12-20)44-19-23-14-22(16-38(23)30(41)18-37(3)32(27)43)34-29(40)13-21-15-33-26-11-6-5-10-25(21)26/h5-12,15,22-23,27,33H,4,13-14,16-19H2,1-3H3,(H,34,40)(H,35,39)/t22-,23-,27-/m0/s1. The van der Waals surface area contributed by atoms with Gasteiger partial charge in [-0.05, 0) is 36.2 Å². The smallest absolute Gasteiger partial charge is 0.253 e. The van der Waals surface area contributed by atoms with Gasteiger partial charge in [0, 0.05) is 62.3 Å². The highest BCUT2D eigenvalue weighted by Gasteiger charge is 2.38. The van der Waals surface area contributed by atoms with Crippen LogP contribution in [0.1, 0.15) is 35.7 Å². The van der Waals surface area contributed by atoms with Crippen LogP contribution in [0, 0.1) is 0 Å². The van der Waals surface area contributed by atoms with Gasteiger partial charge < -0.3 is 35.1 Å². The molecule has 0 saturated carbocycles. The highest BCUT2D eigenvalue weighted by atomic mass is 16.5. The van der Waals surface area contributed by atoms with E-state index in [9.17, 15) is 24.0 Å². The van der Waals surface area contributed by atoms with Crippen LogP contribution < -0.4 is 15.4 Å². The molecular formula is C32H38N6O6. The summed E-state index contributed by atoms with van der Waals surface area (Å²) in [6.07, 6.45) is 2.64. The zero-order chi connectivity index (χ0) is 31.4. The number of para-hydroxylation sites is 1. The summed E-state index contributed by atoms with van der Waals surface area (Å²) in [6, 6.07) is 12.8. The first kappa shape index (κ1) is 30.6. The zero-order valence-corrected chi connectivity index (χ0v) is 25.2. The molecule has 1 aromatic heterocycles. The number of hydrogen-bond acceptors (Lipinski definition) is 6. The molecule has 2 aromatic carbocycles. The number of amides is 5. The Morgan fingerprint density at radius 3 is 2.57 bits per heavy atom. The number of carbonyl (C=O) groups excluding carboxylic acids is 5. The number of carbonyl (C=O) groups is 5. The SMILES string of the molecule is CCC(=O)N[C@H]1CN(C)C(=O)c2cccc(c2)OC[C@@H]2C[C@H](NC(=O)Cc3c[nH]c4ccccc34)CN2C(=O)CN(C)C1=O. The number of nitrogens with one attached hydrogen (secondary N) is 3. The van der Waals surface area contributed by atoms with E-state index in [1.54, 1.807) is 43.1 Å². The lowest BCUT2D eigenvalue weighted by atomic mass is 10.1. The number of likely N-dealkylation sites (N-methyl/N-ethyl adjacent to an activating group) is 2. The molecule has 1 fully saturated rings. The monoisotopic (exact) mass is 602 g/mol. The Morgan fingerprint density at radius 2 is 1.77 bits per heavy atom. The van der Waals surface area contributed by atoms with Crippen molar-refractivity contribution in [3.8, 4) is 5.75 Å². The summed E-state index contributed by atoms with van der Waals surface area (Å²) < 4.78 is 6.07. The Labute approximate surface area is 255 Å². The van der Waals surface area contributed by atoms with E-state index in [0.717, 1.165) is 16.5 Å². The molecule has 0 spiro atoms. The first-order valence-electron chi connectivity index (χ1n) is 14.8. The summed E-state index contributed by atoms with van der Waals surface area (Å²) in [5.74, 6) is -1.18. The molecule has 232 valence electrons. The van der Waals surface area contributed by atoms with Gasteiger partial charge in [-0.2, -0.15) is 0 Å². The Balaban J connectivity index is 1.35. The Hall–Kier alpha value is -4.87. The molecule has 3 N–H and O–H groups in total. The molecule has 1 saturated heterocycles. The number of benzene rings is 2. The second-order valence-electron chi connectivity index (χ2n) is 11.4. The Morgan fingerprint density at radius 1 is 0.977 bits per heavy atom. The van der Waals surface area contributed by atoms with Crippen molar-refractivity contribution in [2.45, 2.75) is 44.3 Å². The van der Waals surface area contributed by atoms with Crippen molar-refractivity contribution in [3.05, 3.63) is 65.9 Å². The summed E-state index contributed by atoms with van der Waals surface area (Å²) >= 11 is 0. The number of H-pyrrole nitrogens is 1. The molecule has 3 atom stereocenters. The second-order valence-corrected chi connectivity index (χ2v) is 11.4. The minimum Gasteiger partial charge on any atom is -0.491 e. The maximum absolute atomic E-state index is 13.6. The molecule has 5 amide bonds. The minimum atomic E-state index is -1.04. The predicted octanol–water partition coefficient (Wildman–Crippen LogP) is 1.31. The van der Waals surface area contributed by atoms with Crippen molar-refractivity contribution < 1.29 is 28.7 Å². The van der Waals surface area contributed by atoms with Crippen molar-refractivity contribution in [1.29, 1.82) is 0 Å². The average molecular weight is 603 g/mol. The number of aromatic nitrogens is 1. The number of fused-ring (bicyclic) bond motifs is 4. The lowest BCUT2D eigenvalue weighted by Crippen LogP contribution is -2.55. The largest absolute Gasteiger partial charge is 0.491 e. The summed E-state index contributed by atoms with van der Waals surface area (Å²) in [5, 5.41) is 6.75. The average Bonchev–Trinajstić information content (AvgIpc) is 3.62. The van der Waals surface area contributed by atoms with Gasteiger partial charge in [0.15, 0.2) is 0 Å². The first-order valence-corrected chi connectivity index (χ1v) is 14.8. The van der Waals surface area contributed by atoms with Crippen molar-refractivity contribution in [2.75, 3.05) is 40.3 Å². The quantitative estimate of drug-likeness (QED) is 0.402. The molecule has 0 radical (unpaired) electrons. The maximum Gasteiger partial charge on any atom is 0.253 e. The third-order valence-electron chi connectivity index (χ3n) is 8.16. The van der Waals surface area contributed by atoms with Gasteiger partial charge in [0.2, 0.25) is 23.6 Å². The van der Waals surface area contributed by atoms with Gasteiger partial charge in [0.1, 0.15) is 18.4 Å². The molecule has 2 bridgehead atoms. The van der Waals surface area contributed by atoms with Gasteiger partial charge in [-0.25, -0.2) is 0 Å². The molecule has 3 heterocycles. The maximum atomic E-state index is 13.6. The fourth-order valence-corrected chi connectivity index (χ4v) is 5.82. The number of nitrogens with zero attached hydrogens (tertiary/aromatic N) is 3. The lowest BCUT2D eigenvalue weighted by Gasteiger charge is -2.30. The number of ether oxygens (including phenoxy) is 1. The van der Waals surface area contributed by atoms with Crippen LogP contribution in [0.3, 0.4) is 0 Å². The van der Waals surface area contributed by atoms with Crippen LogP contribution in [0.15, 0.2) is 54.7 Å². The van der Waals surface area contributed by atoms with Crippen LogP contribution in [0.2, 0.25) is 0 Å². The van der Waals surface area contributed by atoms with E-state index in [2.05, 4.69) is 15.6 Å². The summed E-state index contributed by atoms with van der Waals surface area (Å²) in [6.45, 7) is 1.75. The van der Waals surface area contributed by atoms with Crippen LogP contribution >= 0.6 is 0 Å². The summed E-state index contributed by atoms with van der Waals surface area (Å²) in [7, 11) is 3.05. The molecule has 2 aliphatic rings. The fraction of sp³-hybridized carbons (Fsp3) is 0.406. The van der Waals surface area contributed by atoms with Crippen molar-refractivity contribution >= 4 is 40.4 Å². The van der Waals surface area contributed by atoms with Crippen LogP contribution in [0.4, 0.5) is 0 Å². The van der Waals surface area contributed by atoms with Gasteiger partial charge in [-0.15, -0.1) is 0 Å². The normalized spacial score (nSPS) is 21.4. The van der Waals surface area contributed by atoms with Gasteiger partial charge >= 0.3 is 0 Å². The third-order valence-corrected chi connectivity index (χ3v) is 8.16. The summed E-state index contributed by atoms with van der Waals surface area (Å²) in [5.41, 5.74) is 2.20. The Bertz CT molecular complexity index is 1570. The van der Waals surface area contributed by atoms with Gasteiger partial charge in [-0.3, -0.25) is 24.0 Å². The molecule has 12 nitrogen and oxygen atoms in total. The minimum absolute atomic E-state index is 0.0795. The first-order chi connectivity index (χ1) is 21.1. The fourth-order valence-electron chi connectivity index (χ4n) is 5.82. The van der Waals surface area contributed by atoms with E-state index in [1.807, 2.05) is 30.5 Å². The third kappa shape index (κ3) is 6.85. The molecule has 0 aliphatic carbocycles. The molecule has 5 rings (SSSR count). The molecular weight excluding hydrogens is 564 g/mol. The van der Waals surface area contributed by atoms with E-state index in [1.165, 1.54) is 16.8 Å². The highest BCUT2D eigenvalue weighted by molar-refractivity contribution is 5.96. The Kier molecular flexibility index (Phi) is 9.17. The van der Waals surface area contributed by atoms with Gasteiger partial charge in [0.05, 0.1) is 19.0 Å². The number of rotatable bonds is 5. The van der Waals surface area contributed by atoms with Crippen LogP contribution in [-0.4, -0.2) is 108 Å². The van der Waals surface area contributed by atoms with Crippen molar-refractivity contribution in [3.63, 3.8) is 0 Å². The molecule has 2 aliphatic heterocycles. The van der Waals surface area contributed by atoms with E-state index in [0.29, 0.717) is 17.7 Å². The van der Waals surface area contributed by atoms with E-state index in [4.69, 9.17) is 4.74 Å². The predicted molar refractivity (Wildman–Crippen MR) is 163 cm³/mol. The van der Waals surface area contributed by atoms with E-state index < -0.39 is 11.9 Å². The lowest BCUT2D eigenvalue weighted by molar-refractivity contribution is -0.142. The van der Waals surface area contributed by atoms with Crippen LogP contribution in [0.5, 0.6) is 5.75 Å². The summed E-state index contributed by atoms with van der Waals surface area (Å²) in [4.78, 5) is 73.1. The van der Waals surface area contributed by atoms with Crippen molar-refractivity contribution in [1.82, 2.24) is 30.3 Å². The van der Waals surface area contributed by atoms with Crippen molar-refractivity contribution in [2.24, 2.45) is 0 Å². The van der Waals surface area contributed by atoms with E-state index in [-0.39, 0.29) is 74.8 Å².